The highest BCUT2D eigenvalue weighted by Crippen LogP contribution is 2.27. The van der Waals surface area contributed by atoms with Gasteiger partial charge in [-0.2, -0.15) is 0 Å². The summed E-state index contributed by atoms with van der Waals surface area (Å²) in [6.45, 7) is 0.303. The third-order valence-electron chi connectivity index (χ3n) is 3.83. The third-order valence-corrected chi connectivity index (χ3v) is 6.91. The van der Waals surface area contributed by atoms with Gasteiger partial charge in [-0.25, -0.2) is 8.42 Å². The number of amides is 1. The van der Waals surface area contributed by atoms with E-state index in [1.54, 1.807) is 24.3 Å². The number of rotatable bonds is 8. The molecule has 2 N–H and O–H groups in total. The van der Waals surface area contributed by atoms with E-state index in [9.17, 15) is 13.2 Å². The summed E-state index contributed by atoms with van der Waals surface area (Å²) in [5.74, 6) is 0.332. The fraction of sp³-hybridized carbons (Fsp3) is 0.167. The van der Waals surface area contributed by atoms with E-state index >= 15 is 0 Å². The zero-order valence-electron chi connectivity index (χ0n) is 15.6. The minimum absolute atomic E-state index is 0.0388. The highest BCUT2D eigenvalue weighted by molar-refractivity contribution is 7.93. The molecular weight excluding hydrogens is 471 g/mol. The monoisotopic (exact) mass is 486 g/mol. The Morgan fingerprint density at radius 2 is 1.97 bits per heavy atom. The van der Waals surface area contributed by atoms with Crippen molar-refractivity contribution in [3.8, 4) is 5.75 Å². The smallest absolute Gasteiger partial charge is 0.265 e. The Bertz CT molecular complexity index is 1170. The molecule has 30 heavy (non-hydrogen) atoms. The van der Waals surface area contributed by atoms with E-state index in [1.165, 1.54) is 25.3 Å². The molecule has 0 aliphatic heterocycles. The number of hydrogen-bond acceptors (Lipinski definition) is 7. The fourth-order valence-electron chi connectivity index (χ4n) is 2.40. The second-order valence-electron chi connectivity index (χ2n) is 5.92. The molecule has 0 bridgehead atoms. The minimum Gasteiger partial charge on any atom is -0.497 e. The molecule has 2 aromatic carbocycles. The molecule has 0 aliphatic rings. The van der Waals surface area contributed by atoms with E-state index in [0.717, 1.165) is 11.3 Å². The van der Waals surface area contributed by atoms with Gasteiger partial charge in [0.15, 0.2) is 0 Å². The topological polar surface area (TPSA) is 110 Å². The van der Waals surface area contributed by atoms with Gasteiger partial charge in [0.25, 0.3) is 15.9 Å². The molecule has 158 valence electrons. The van der Waals surface area contributed by atoms with Crippen LogP contribution < -0.4 is 14.8 Å². The lowest BCUT2D eigenvalue weighted by atomic mass is 10.2. The number of nitrogens with zero attached hydrogens (tertiary/aromatic N) is 2. The largest absolute Gasteiger partial charge is 0.497 e. The van der Waals surface area contributed by atoms with Crippen molar-refractivity contribution < 1.29 is 17.9 Å². The molecular formula is C18H16Cl2N4O4S2. The van der Waals surface area contributed by atoms with Crippen molar-refractivity contribution in [2.24, 2.45) is 0 Å². The Morgan fingerprint density at radius 1 is 1.17 bits per heavy atom. The van der Waals surface area contributed by atoms with E-state index in [0.29, 0.717) is 29.3 Å². The van der Waals surface area contributed by atoms with Gasteiger partial charge in [0, 0.05) is 23.6 Å². The van der Waals surface area contributed by atoms with Gasteiger partial charge < -0.3 is 10.1 Å². The summed E-state index contributed by atoms with van der Waals surface area (Å²) in [6.07, 6.45) is 0.382. The molecule has 0 saturated carbocycles. The quantitative estimate of drug-likeness (QED) is 0.502. The summed E-state index contributed by atoms with van der Waals surface area (Å²) in [4.78, 5) is 12.0. The van der Waals surface area contributed by atoms with Crippen LogP contribution in [0.25, 0.3) is 0 Å². The summed E-state index contributed by atoms with van der Waals surface area (Å²) in [5.41, 5.74) is 0.471. The van der Waals surface area contributed by atoms with Crippen LogP contribution in [-0.2, 0) is 16.4 Å². The number of methoxy groups -OCH3 is 1. The molecule has 1 amide bonds. The Balaban J connectivity index is 1.58. The van der Waals surface area contributed by atoms with Crippen LogP contribution in [0.5, 0.6) is 5.75 Å². The summed E-state index contributed by atoms with van der Waals surface area (Å²) in [5, 5.41) is 11.5. The van der Waals surface area contributed by atoms with Gasteiger partial charge >= 0.3 is 0 Å². The molecule has 12 heteroatoms. The first-order valence-electron chi connectivity index (χ1n) is 8.51. The van der Waals surface area contributed by atoms with Gasteiger partial charge in [0.1, 0.15) is 15.7 Å². The van der Waals surface area contributed by atoms with Gasteiger partial charge in [-0.15, -0.1) is 10.2 Å². The molecule has 3 aromatic rings. The van der Waals surface area contributed by atoms with E-state index in [-0.39, 0.29) is 26.0 Å². The van der Waals surface area contributed by atoms with Crippen LogP contribution >= 0.6 is 34.5 Å². The van der Waals surface area contributed by atoms with Gasteiger partial charge in [-0.1, -0.05) is 40.6 Å². The second-order valence-corrected chi connectivity index (χ2v) is 9.48. The number of aromatic nitrogens is 2. The lowest BCUT2D eigenvalue weighted by Crippen LogP contribution is -2.25. The number of anilines is 1. The SMILES string of the molecule is COc1cccc(C(=O)NCCc2nnc(NS(=O)(=O)c3cc(Cl)ccc3Cl)s2)c1. The Kier molecular flexibility index (Phi) is 7.14. The van der Waals surface area contributed by atoms with E-state index < -0.39 is 10.0 Å². The average Bonchev–Trinajstić information content (AvgIpc) is 3.16. The first-order valence-corrected chi connectivity index (χ1v) is 11.6. The van der Waals surface area contributed by atoms with E-state index in [4.69, 9.17) is 27.9 Å². The van der Waals surface area contributed by atoms with Crippen LogP contribution in [0.3, 0.4) is 0 Å². The predicted octanol–water partition coefficient (Wildman–Crippen LogP) is 3.63. The predicted molar refractivity (Wildman–Crippen MR) is 116 cm³/mol. The van der Waals surface area contributed by atoms with Crippen molar-refractivity contribution in [3.63, 3.8) is 0 Å². The van der Waals surface area contributed by atoms with Gasteiger partial charge in [-0.3, -0.25) is 9.52 Å². The molecule has 8 nitrogen and oxygen atoms in total. The van der Waals surface area contributed by atoms with Crippen molar-refractivity contribution in [1.29, 1.82) is 0 Å². The van der Waals surface area contributed by atoms with Crippen molar-refractivity contribution in [1.82, 2.24) is 15.5 Å². The van der Waals surface area contributed by atoms with Gasteiger partial charge in [-0.05, 0) is 36.4 Å². The summed E-state index contributed by atoms with van der Waals surface area (Å²) in [6, 6.07) is 10.9. The highest BCUT2D eigenvalue weighted by Gasteiger charge is 2.20. The number of hydrogen-bond donors (Lipinski definition) is 2. The standard InChI is InChI=1S/C18H16Cl2N4O4S2/c1-28-13-4-2-3-11(9-13)17(25)21-8-7-16-22-23-18(29-16)24-30(26,27)15-10-12(19)5-6-14(15)20/h2-6,9-10H,7-8H2,1H3,(H,21,25)(H,23,24). The van der Waals surface area contributed by atoms with Crippen molar-refractivity contribution in [3.05, 3.63) is 63.1 Å². The van der Waals surface area contributed by atoms with E-state index in [1.807, 2.05) is 0 Å². The lowest BCUT2D eigenvalue weighted by Gasteiger charge is -2.07. The Labute approximate surface area is 187 Å². The Hall–Kier alpha value is -2.40. The zero-order chi connectivity index (χ0) is 21.7. The van der Waals surface area contributed by atoms with Crippen molar-refractivity contribution >= 4 is 55.6 Å². The van der Waals surface area contributed by atoms with Gasteiger partial charge in [0.05, 0.1) is 12.1 Å². The van der Waals surface area contributed by atoms with Crippen LogP contribution in [0.4, 0.5) is 5.13 Å². The van der Waals surface area contributed by atoms with Crippen LogP contribution in [0.1, 0.15) is 15.4 Å². The van der Waals surface area contributed by atoms with Crippen LogP contribution in [-0.4, -0.2) is 38.2 Å². The fourth-order valence-corrected chi connectivity index (χ4v) is 5.13. The van der Waals surface area contributed by atoms with Gasteiger partial charge in [0.2, 0.25) is 5.13 Å². The van der Waals surface area contributed by atoms with Crippen molar-refractivity contribution in [2.75, 3.05) is 18.4 Å². The summed E-state index contributed by atoms with van der Waals surface area (Å²) >= 11 is 12.9. The number of benzene rings is 2. The lowest BCUT2D eigenvalue weighted by molar-refractivity contribution is 0.0953. The molecule has 1 aromatic heterocycles. The number of carbonyl (C=O) groups excluding carboxylic acids is 1. The molecule has 0 saturated heterocycles. The molecule has 0 atom stereocenters. The Morgan fingerprint density at radius 3 is 2.73 bits per heavy atom. The average molecular weight is 487 g/mol. The minimum atomic E-state index is -3.97. The molecule has 0 aliphatic carbocycles. The highest BCUT2D eigenvalue weighted by atomic mass is 35.5. The van der Waals surface area contributed by atoms with E-state index in [2.05, 4.69) is 20.2 Å². The number of halogens is 2. The summed E-state index contributed by atoms with van der Waals surface area (Å²) < 4.78 is 32.5. The number of ether oxygens (including phenoxy) is 1. The number of nitrogens with one attached hydrogen (secondary N) is 2. The normalized spacial score (nSPS) is 11.2. The number of carbonyl (C=O) groups is 1. The third kappa shape index (κ3) is 5.60. The molecule has 0 unspecified atom stereocenters. The first-order chi connectivity index (χ1) is 14.3. The molecule has 1 heterocycles. The van der Waals surface area contributed by atoms with Crippen molar-refractivity contribution in [2.45, 2.75) is 11.3 Å². The molecule has 0 fully saturated rings. The molecule has 3 rings (SSSR count). The number of sulfonamides is 1. The summed E-state index contributed by atoms with van der Waals surface area (Å²) in [7, 11) is -2.44. The molecule has 0 radical (unpaired) electrons. The second kappa shape index (κ2) is 9.61. The first kappa shape index (κ1) is 22.3. The maximum Gasteiger partial charge on any atom is 0.265 e. The van der Waals surface area contributed by atoms with Crippen LogP contribution in [0.2, 0.25) is 10.0 Å². The van der Waals surface area contributed by atoms with Crippen LogP contribution in [0.15, 0.2) is 47.4 Å². The zero-order valence-corrected chi connectivity index (χ0v) is 18.7. The maximum absolute atomic E-state index is 12.5. The maximum atomic E-state index is 12.5. The van der Waals surface area contributed by atoms with Crippen LogP contribution in [0, 0.1) is 0 Å². The molecule has 0 spiro atoms.